The maximum Gasteiger partial charge on any atom is 0.243 e. The largest absolute Gasteiger partial charge is 0.376 e. The molecule has 6 nitrogen and oxygen atoms in total. The van der Waals surface area contributed by atoms with E-state index in [0.29, 0.717) is 13.1 Å². The molecule has 150 valence electrons. The summed E-state index contributed by atoms with van der Waals surface area (Å²) in [4.78, 5) is 14.0. The Morgan fingerprint density at radius 1 is 1.14 bits per heavy atom. The highest BCUT2D eigenvalue weighted by Gasteiger charge is 2.30. The summed E-state index contributed by atoms with van der Waals surface area (Å²) in [6.07, 6.45) is 0. The molecule has 2 aromatic carbocycles. The smallest absolute Gasteiger partial charge is 0.243 e. The number of hydrogen-bond donors (Lipinski definition) is 1. The highest BCUT2D eigenvalue weighted by Crippen LogP contribution is 2.21. The molecule has 1 heterocycles. The fourth-order valence-electron chi connectivity index (χ4n) is 3.06. The molecule has 28 heavy (non-hydrogen) atoms. The van der Waals surface area contributed by atoms with E-state index < -0.39 is 15.8 Å². The molecule has 1 aliphatic heterocycles. The first-order valence-electron chi connectivity index (χ1n) is 8.81. The maximum atomic E-state index is 13.4. The molecule has 0 atom stereocenters. The molecular formula is C19H21BrFN3O3S. The Hall–Kier alpha value is -1.97. The van der Waals surface area contributed by atoms with Crippen LogP contribution in [0.5, 0.6) is 0 Å². The highest BCUT2D eigenvalue weighted by molar-refractivity contribution is 9.10. The molecule has 9 heteroatoms. The van der Waals surface area contributed by atoms with Gasteiger partial charge in [0, 0.05) is 36.3 Å². The number of nitrogens with one attached hydrogen (secondary N) is 1. The van der Waals surface area contributed by atoms with Gasteiger partial charge < -0.3 is 10.2 Å². The summed E-state index contributed by atoms with van der Waals surface area (Å²) in [5, 5.41) is 3.13. The number of aryl methyl sites for hydroxylation is 1. The van der Waals surface area contributed by atoms with E-state index in [2.05, 4.69) is 21.2 Å². The predicted octanol–water partition coefficient (Wildman–Crippen LogP) is 2.84. The van der Waals surface area contributed by atoms with Crippen molar-refractivity contribution in [2.45, 2.75) is 11.8 Å². The van der Waals surface area contributed by atoms with Gasteiger partial charge in [0.1, 0.15) is 5.82 Å². The van der Waals surface area contributed by atoms with Crippen LogP contribution in [-0.4, -0.2) is 56.3 Å². The number of halogens is 2. The average molecular weight is 470 g/mol. The predicted molar refractivity (Wildman–Crippen MR) is 109 cm³/mol. The normalized spacial score (nSPS) is 15.5. The van der Waals surface area contributed by atoms with Gasteiger partial charge >= 0.3 is 0 Å². The lowest BCUT2D eigenvalue weighted by Crippen LogP contribution is -2.51. The fourth-order valence-corrected chi connectivity index (χ4v) is 4.99. The van der Waals surface area contributed by atoms with Crippen LogP contribution in [0.1, 0.15) is 5.56 Å². The zero-order valence-electron chi connectivity index (χ0n) is 15.4. The van der Waals surface area contributed by atoms with Crippen molar-refractivity contribution in [3.63, 3.8) is 0 Å². The summed E-state index contributed by atoms with van der Waals surface area (Å²) in [5.41, 5.74) is 1.90. The topological polar surface area (TPSA) is 69.7 Å². The van der Waals surface area contributed by atoms with E-state index in [1.807, 2.05) is 25.1 Å². The third kappa shape index (κ3) is 4.71. The first-order valence-corrected chi connectivity index (χ1v) is 11.0. The molecule has 3 rings (SSSR count). The van der Waals surface area contributed by atoms with Crippen molar-refractivity contribution in [1.82, 2.24) is 9.21 Å². The van der Waals surface area contributed by atoms with Gasteiger partial charge in [-0.2, -0.15) is 4.31 Å². The fraction of sp³-hybridized carbons (Fsp3) is 0.316. The Balaban J connectivity index is 1.56. The molecule has 1 N–H and O–H groups in total. The second kappa shape index (κ2) is 8.59. The van der Waals surface area contributed by atoms with E-state index in [4.69, 9.17) is 0 Å². The molecule has 1 amide bonds. The quantitative estimate of drug-likeness (QED) is 0.730. The zero-order valence-corrected chi connectivity index (χ0v) is 17.8. The molecule has 2 aromatic rings. The maximum absolute atomic E-state index is 13.4. The second-order valence-electron chi connectivity index (χ2n) is 6.56. The van der Waals surface area contributed by atoms with Gasteiger partial charge in [0.05, 0.1) is 11.4 Å². The molecular weight excluding hydrogens is 449 g/mol. The molecule has 0 bridgehead atoms. The number of rotatable bonds is 5. The van der Waals surface area contributed by atoms with Gasteiger partial charge in [-0.3, -0.25) is 4.79 Å². The van der Waals surface area contributed by atoms with Gasteiger partial charge in [-0.05, 0) is 48.9 Å². The zero-order chi connectivity index (χ0) is 20.3. The van der Waals surface area contributed by atoms with Crippen LogP contribution in [-0.2, 0) is 14.8 Å². The minimum absolute atomic E-state index is 0.0698. The molecule has 0 spiro atoms. The third-order valence-corrected chi connectivity index (χ3v) is 7.03. The molecule has 0 saturated carbocycles. The summed E-state index contributed by atoms with van der Waals surface area (Å²) in [6, 6.07) is 10.7. The molecule has 1 aliphatic rings. The van der Waals surface area contributed by atoms with Crippen LogP contribution in [0.15, 0.2) is 51.8 Å². The summed E-state index contributed by atoms with van der Waals surface area (Å²) in [6.45, 7) is 3.05. The van der Waals surface area contributed by atoms with Gasteiger partial charge in [0.15, 0.2) is 0 Å². The number of amides is 1. The number of sulfonamides is 1. The molecule has 0 aromatic heterocycles. The number of benzene rings is 2. The lowest BCUT2D eigenvalue weighted by molar-refractivity contribution is -0.130. The average Bonchev–Trinajstić information content (AvgIpc) is 2.67. The van der Waals surface area contributed by atoms with Crippen LogP contribution in [0.25, 0.3) is 0 Å². The van der Waals surface area contributed by atoms with E-state index in [1.165, 1.54) is 22.5 Å². The van der Waals surface area contributed by atoms with Crippen molar-refractivity contribution in [3.8, 4) is 0 Å². The first kappa shape index (κ1) is 20.8. The molecule has 1 fully saturated rings. The van der Waals surface area contributed by atoms with E-state index in [1.54, 1.807) is 4.90 Å². The van der Waals surface area contributed by atoms with Gasteiger partial charge in [0.2, 0.25) is 15.9 Å². The lowest BCUT2D eigenvalue weighted by Gasteiger charge is -2.34. The number of piperazine rings is 1. The van der Waals surface area contributed by atoms with Crippen LogP contribution < -0.4 is 5.32 Å². The van der Waals surface area contributed by atoms with Crippen molar-refractivity contribution in [3.05, 3.63) is 58.3 Å². The Morgan fingerprint density at radius 2 is 1.86 bits per heavy atom. The van der Waals surface area contributed by atoms with Crippen LogP contribution in [0.2, 0.25) is 0 Å². The summed E-state index contributed by atoms with van der Waals surface area (Å²) >= 11 is 3.40. The first-order chi connectivity index (χ1) is 13.3. The van der Waals surface area contributed by atoms with Crippen molar-refractivity contribution >= 4 is 37.5 Å². The van der Waals surface area contributed by atoms with Gasteiger partial charge in [-0.25, -0.2) is 12.8 Å². The van der Waals surface area contributed by atoms with Crippen molar-refractivity contribution in [2.24, 2.45) is 0 Å². The third-order valence-electron chi connectivity index (χ3n) is 4.64. The lowest BCUT2D eigenvalue weighted by atomic mass is 10.2. The Bertz CT molecular complexity index is 976. The second-order valence-corrected chi connectivity index (χ2v) is 9.41. The number of nitrogens with zero attached hydrogens (tertiary/aromatic N) is 2. The molecule has 0 unspecified atom stereocenters. The van der Waals surface area contributed by atoms with Crippen LogP contribution >= 0.6 is 15.9 Å². The highest BCUT2D eigenvalue weighted by atomic mass is 79.9. The van der Waals surface area contributed by atoms with E-state index in [-0.39, 0.29) is 30.4 Å². The number of carbonyl (C=O) groups excluding carboxylic acids is 1. The van der Waals surface area contributed by atoms with Crippen LogP contribution in [0.4, 0.5) is 10.1 Å². The monoisotopic (exact) mass is 469 g/mol. The van der Waals surface area contributed by atoms with Gasteiger partial charge in [0.25, 0.3) is 0 Å². The Morgan fingerprint density at radius 3 is 2.50 bits per heavy atom. The minimum Gasteiger partial charge on any atom is -0.376 e. The van der Waals surface area contributed by atoms with Crippen molar-refractivity contribution < 1.29 is 17.6 Å². The molecule has 0 radical (unpaired) electrons. The van der Waals surface area contributed by atoms with Crippen LogP contribution in [0, 0.1) is 12.7 Å². The standard InChI is InChI=1S/C19H21BrFN3O3S/c1-14-11-15(20)5-6-18(14)22-13-19(25)23-7-9-24(10-8-23)28(26,27)17-4-2-3-16(21)12-17/h2-6,11-12,22H,7-10,13H2,1H3. The van der Waals surface area contributed by atoms with E-state index in [9.17, 15) is 17.6 Å². The van der Waals surface area contributed by atoms with Crippen LogP contribution in [0.3, 0.4) is 0 Å². The van der Waals surface area contributed by atoms with Gasteiger partial charge in [-0.1, -0.05) is 22.0 Å². The minimum atomic E-state index is -3.76. The summed E-state index contributed by atoms with van der Waals surface area (Å²) in [5.74, 6) is -0.686. The SMILES string of the molecule is Cc1cc(Br)ccc1NCC(=O)N1CCN(S(=O)(=O)c2cccc(F)c2)CC1. The number of hydrogen-bond acceptors (Lipinski definition) is 4. The van der Waals surface area contributed by atoms with E-state index in [0.717, 1.165) is 21.8 Å². The van der Waals surface area contributed by atoms with E-state index >= 15 is 0 Å². The molecule has 1 saturated heterocycles. The Kier molecular flexibility index (Phi) is 6.36. The summed E-state index contributed by atoms with van der Waals surface area (Å²) in [7, 11) is -3.76. The van der Waals surface area contributed by atoms with Gasteiger partial charge in [-0.15, -0.1) is 0 Å². The van der Waals surface area contributed by atoms with Crippen molar-refractivity contribution in [2.75, 3.05) is 38.0 Å². The Labute approximate surface area is 172 Å². The van der Waals surface area contributed by atoms with Crippen molar-refractivity contribution in [1.29, 1.82) is 0 Å². The molecule has 0 aliphatic carbocycles. The summed E-state index contributed by atoms with van der Waals surface area (Å²) < 4.78 is 40.9. The number of carbonyl (C=O) groups is 1. The number of anilines is 1.